The molecule has 1 heterocycles. The molecule has 5 aromatic rings. The summed E-state index contributed by atoms with van der Waals surface area (Å²) in [6.45, 7) is 0. The molecule has 10 heteroatoms. The molecule has 0 spiro atoms. The molecular weight excluding hydrogens is 526 g/mol. The number of allylic oxidation sites excluding steroid dienone is 1. The van der Waals surface area contributed by atoms with Crippen molar-refractivity contribution in [2.24, 2.45) is 0 Å². The van der Waals surface area contributed by atoms with E-state index < -0.39 is 0 Å². The Morgan fingerprint density at radius 1 is 0.659 bits per heavy atom. The molecule has 0 saturated carbocycles. The third-order valence-corrected chi connectivity index (χ3v) is 5.81. The molecule has 0 aliphatic carbocycles. The van der Waals surface area contributed by atoms with Crippen molar-refractivity contribution in [3.63, 3.8) is 0 Å². The first-order valence-corrected chi connectivity index (χ1v) is 12.5. The van der Waals surface area contributed by atoms with Crippen molar-refractivity contribution in [1.29, 1.82) is 0 Å². The van der Waals surface area contributed by atoms with Crippen LogP contribution in [0.1, 0.15) is 15.9 Å². The first kappa shape index (κ1) is 26.9. The Labute approximate surface area is 234 Å². The average Bonchev–Trinajstić information content (AvgIpc) is 2.99. The van der Waals surface area contributed by atoms with Crippen LogP contribution in [0.25, 0.3) is 6.08 Å². The molecule has 0 aliphatic heterocycles. The molecule has 1 aromatic heterocycles. The predicted molar refractivity (Wildman–Crippen MR) is 155 cm³/mol. The Balaban J connectivity index is 1.34. The van der Waals surface area contributed by atoms with Gasteiger partial charge in [0.2, 0.25) is 17.8 Å². The maximum atomic E-state index is 13.4. The highest BCUT2D eigenvalue weighted by molar-refractivity contribution is 6.07. The lowest BCUT2D eigenvalue weighted by molar-refractivity contribution is 0.104. The van der Waals surface area contributed by atoms with Crippen LogP contribution in [0.2, 0.25) is 0 Å². The quantitative estimate of drug-likeness (QED) is 0.123. The number of carbonyl (C=O) groups excluding carboxylic acids is 1. The summed E-state index contributed by atoms with van der Waals surface area (Å²) in [5, 5.41) is 9.15. The van der Waals surface area contributed by atoms with E-state index in [-0.39, 0.29) is 35.3 Å². The Morgan fingerprint density at radius 3 is 1.56 bits per heavy atom. The highest BCUT2D eigenvalue weighted by atomic mass is 19.1. The molecule has 3 N–H and O–H groups in total. The lowest BCUT2D eigenvalue weighted by atomic mass is 10.1. The van der Waals surface area contributed by atoms with E-state index in [1.54, 1.807) is 61.7 Å². The number of benzene rings is 4. The molecule has 0 saturated heterocycles. The number of nitrogens with one attached hydrogen (secondary N) is 3. The largest absolute Gasteiger partial charge is 0.496 e. The molecule has 0 fully saturated rings. The van der Waals surface area contributed by atoms with Gasteiger partial charge in [-0.2, -0.15) is 15.0 Å². The smallest absolute Gasteiger partial charge is 0.233 e. The van der Waals surface area contributed by atoms with E-state index in [9.17, 15) is 13.6 Å². The van der Waals surface area contributed by atoms with Crippen molar-refractivity contribution in [2.45, 2.75) is 0 Å². The molecule has 8 nitrogen and oxygen atoms in total. The zero-order chi connectivity index (χ0) is 28.6. The van der Waals surface area contributed by atoms with Crippen LogP contribution >= 0.6 is 0 Å². The van der Waals surface area contributed by atoms with E-state index in [4.69, 9.17) is 4.74 Å². The maximum Gasteiger partial charge on any atom is 0.233 e. The number of hydrogen-bond acceptors (Lipinski definition) is 8. The fourth-order valence-corrected chi connectivity index (χ4v) is 3.78. The van der Waals surface area contributed by atoms with E-state index >= 15 is 0 Å². The number of nitrogens with zero attached hydrogens (tertiary/aromatic N) is 3. The van der Waals surface area contributed by atoms with Gasteiger partial charge in [0.05, 0.1) is 7.11 Å². The number of methoxy groups -OCH3 is 1. The summed E-state index contributed by atoms with van der Waals surface area (Å²) < 4.78 is 32.0. The number of rotatable bonds is 10. The minimum Gasteiger partial charge on any atom is -0.496 e. The number of hydrogen-bond donors (Lipinski definition) is 3. The van der Waals surface area contributed by atoms with Crippen LogP contribution < -0.4 is 20.7 Å². The summed E-state index contributed by atoms with van der Waals surface area (Å²) in [7, 11) is 1.58. The van der Waals surface area contributed by atoms with Gasteiger partial charge < -0.3 is 20.7 Å². The molecule has 0 unspecified atom stereocenters. The van der Waals surface area contributed by atoms with E-state index in [1.807, 2.05) is 24.3 Å². The summed E-state index contributed by atoms with van der Waals surface area (Å²) in [6.07, 6.45) is 3.20. The van der Waals surface area contributed by atoms with Gasteiger partial charge in [-0.25, -0.2) is 8.78 Å². The second-order valence-corrected chi connectivity index (χ2v) is 8.71. The van der Waals surface area contributed by atoms with Gasteiger partial charge in [-0.15, -0.1) is 0 Å². The van der Waals surface area contributed by atoms with Gasteiger partial charge >= 0.3 is 0 Å². The normalized spacial score (nSPS) is 10.8. The average molecular weight is 551 g/mol. The minimum atomic E-state index is -0.371. The van der Waals surface area contributed by atoms with E-state index in [0.29, 0.717) is 28.4 Å². The van der Waals surface area contributed by atoms with E-state index in [1.165, 1.54) is 30.3 Å². The fraction of sp³-hybridized carbons (Fsp3) is 0.0323. The summed E-state index contributed by atoms with van der Waals surface area (Å²) in [6, 6.07) is 25.7. The van der Waals surface area contributed by atoms with Gasteiger partial charge in [0.1, 0.15) is 17.4 Å². The van der Waals surface area contributed by atoms with Crippen LogP contribution in [-0.2, 0) is 0 Å². The summed E-state index contributed by atoms with van der Waals surface area (Å²) in [4.78, 5) is 25.9. The minimum absolute atomic E-state index is 0.167. The highest BCUT2D eigenvalue weighted by Gasteiger charge is 2.10. The van der Waals surface area contributed by atoms with E-state index in [2.05, 4.69) is 30.9 Å². The van der Waals surface area contributed by atoms with Crippen LogP contribution in [0.15, 0.2) is 103 Å². The van der Waals surface area contributed by atoms with Crippen molar-refractivity contribution in [3.05, 3.63) is 126 Å². The first-order valence-electron chi connectivity index (χ1n) is 12.5. The van der Waals surface area contributed by atoms with E-state index in [0.717, 1.165) is 5.56 Å². The summed E-state index contributed by atoms with van der Waals surface area (Å²) in [5.41, 5.74) is 3.06. The Kier molecular flexibility index (Phi) is 8.20. The number of para-hydroxylation sites is 1. The Bertz CT molecular complexity index is 1610. The lowest BCUT2D eigenvalue weighted by Crippen LogP contribution is -2.07. The number of aromatic nitrogens is 3. The van der Waals surface area contributed by atoms with Crippen molar-refractivity contribution in [1.82, 2.24) is 15.0 Å². The summed E-state index contributed by atoms with van der Waals surface area (Å²) in [5.74, 6) is 0.339. The van der Waals surface area contributed by atoms with Crippen LogP contribution in [-0.4, -0.2) is 27.8 Å². The molecule has 0 atom stereocenters. The van der Waals surface area contributed by atoms with Gasteiger partial charge in [0.15, 0.2) is 5.78 Å². The molecule has 4 aromatic carbocycles. The number of carbonyl (C=O) groups is 1. The molecular formula is C31H24F2N6O2. The molecule has 0 radical (unpaired) electrons. The fourth-order valence-electron chi connectivity index (χ4n) is 3.78. The maximum absolute atomic E-state index is 13.4. The van der Waals surface area contributed by atoms with Gasteiger partial charge in [0.25, 0.3) is 0 Å². The third-order valence-electron chi connectivity index (χ3n) is 5.81. The first-order chi connectivity index (χ1) is 19.9. The van der Waals surface area contributed by atoms with Crippen molar-refractivity contribution in [3.8, 4) is 5.75 Å². The van der Waals surface area contributed by atoms with Crippen molar-refractivity contribution >= 4 is 46.8 Å². The Morgan fingerprint density at radius 2 is 1.10 bits per heavy atom. The second-order valence-electron chi connectivity index (χ2n) is 8.71. The lowest BCUT2D eigenvalue weighted by Gasteiger charge is -2.12. The Hall–Kier alpha value is -5.64. The predicted octanol–water partition coefficient (Wildman–Crippen LogP) is 7.29. The molecule has 0 aliphatic rings. The highest BCUT2D eigenvalue weighted by Crippen LogP contribution is 2.23. The molecule has 0 amide bonds. The molecule has 0 bridgehead atoms. The number of ether oxygens (including phenoxy) is 1. The monoisotopic (exact) mass is 550 g/mol. The van der Waals surface area contributed by atoms with Gasteiger partial charge in [-0.05, 0) is 91.0 Å². The molecule has 204 valence electrons. The van der Waals surface area contributed by atoms with Crippen LogP contribution in [0.5, 0.6) is 5.75 Å². The number of anilines is 6. The second kappa shape index (κ2) is 12.5. The standard InChI is InChI=1S/C31H24F2N6O2/c1-41-28-5-3-2-4-21(28)8-19-27(40)20-6-13-24(14-7-20)34-29-37-30(35-25-15-9-22(32)10-16-25)39-31(38-29)36-26-17-11-23(33)12-18-26/h2-19H,1H3,(H3,34,35,36,37,38,39)/b19-8+. The molecule has 5 rings (SSSR count). The van der Waals surface area contributed by atoms with Gasteiger partial charge in [-0.1, -0.05) is 18.2 Å². The van der Waals surface area contributed by atoms with Crippen molar-refractivity contribution < 1.29 is 18.3 Å². The zero-order valence-electron chi connectivity index (χ0n) is 21.8. The topological polar surface area (TPSA) is 101 Å². The zero-order valence-corrected chi connectivity index (χ0v) is 21.8. The summed E-state index contributed by atoms with van der Waals surface area (Å²) >= 11 is 0. The SMILES string of the molecule is COc1ccccc1/C=C/C(=O)c1ccc(Nc2nc(Nc3ccc(F)cc3)nc(Nc3ccc(F)cc3)n2)cc1. The van der Waals surface area contributed by atoms with Crippen LogP contribution in [0, 0.1) is 11.6 Å². The number of ketones is 1. The molecule has 41 heavy (non-hydrogen) atoms. The van der Waals surface area contributed by atoms with Crippen molar-refractivity contribution in [2.75, 3.05) is 23.1 Å². The van der Waals surface area contributed by atoms with Crippen LogP contribution in [0.3, 0.4) is 0 Å². The van der Waals surface area contributed by atoms with Gasteiger partial charge in [0, 0.05) is 28.2 Å². The van der Waals surface area contributed by atoms with Gasteiger partial charge in [-0.3, -0.25) is 4.79 Å². The number of halogens is 2. The van der Waals surface area contributed by atoms with Crippen LogP contribution in [0.4, 0.5) is 43.7 Å². The third kappa shape index (κ3) is 7.27.